The van der Waals surface area contributed by atoms with Crippen molar-refractivity contribution in [1.82, 2.24) is 15.0 Å². The number of hydrogen-bond acceptors (Lipinski definition) is 8. The highest BCUT2D eigenvalue weighted by Gasteiger charge is 2.31. The van der Waals surface area contributed by atoms with Crippen LogP contribution in [0, 0.1) is 0 Å². The van der Waals surface area contributed by atoms with Crippen LogP contribution in [-0.4, -0.2) is 33.1 Å². The van der Waals surface area contributed by atoms with Crippen LogP contribution >= 0.6 is 0 Å². The molecule has 0 saturated heterocycles. The van der Waals surface area contributed by atoms with Crippen LogP contribution in [0.5, 0.6) is 0 Å². The summed E-state index contributed by atoms with van der Waals surface area (Å²) in [7, 11) is 0. The molecule has 2 aliphatic rings. The lowest BCUT2D eigenvalue weighted by Crippen LogP contribution is -2.29. The Balaban J connectivity index is 1.53. The van der Waals surface area contributed by atoms with E-state index in [1.54, 1.807) is 12.1 Å². The van der Waals surface area contributed by atoms with E-state index in [1.807, 2.05) is 46.2 Å². The molecule has 0 bridgehead atoms. The van der Waals surface area contributed by atoms with Gasteiger partial charge in [-0.3, -0.25) is 0 Å². The SMILES string of the molecule is C[C@@H]1OC(=O)c2ccc(Nc3cc4c(C(C)(C)N)cnc(NC5CC5)c4cn3)nc2[C@H]1C. The Morgan fingerprint density at radius 1 is 1.09 bits per heavy atom. The topological polar surface area (TPSA) is 115 Å². The first kappa shape index (κ1) is 20.6. The minimum Gasteiger partial charge on any atom is -0.458 e. The third-order valence-electron chi connectivity index (χ3n) is 6.21. The van der Waals surface area contributed by atoms with E-state index in [4.69, 9.17) is 15.5 Å². The molecule has 5 rings (SSSR count). The Labute approximate surface area is 187 Å². The fourth-order valence-corrected chi connectivity index (χ4v) is 4.01. The van der Waals surface area contributed by atoms with Crippen molar-refractivity contribution in [2.75, 3.05) is 10.6 Å². The highest BCUT2D eigenvalue weighted by atomic mass is 16.5. The summed E-state index contributed by atoms with van der Waals surface area (Å²) in [5.41, 5.74) is 8.09. The maximum atomic E-state index is 12.2. The molecule has 4 heterocycles. The number of carbonyl (C=O) groups is 1. The summed E-state index contributed by atoms with van der Waals surface area (Å²) in [5.74, 6) is 1.80. The molecule has 1 aliphatic carbocycles. The molecule has 1 saturated carbocycles. The average Bonchev–Trinajstić information content (AvgIpc) is 3.55. The number of rotatable bonds is 5. The molecule has 0 aromatic carbocycles. The predicted molar refractivity (Wildman–Crippen MR) is 124 cm³/mol. The third-order valence-corrected chi connectivity index (χ3v) is 6.21. The van der Waals surface area contributed by atoms with Crippen LogP contribution in [0.4, 0.5) is 17.5 Å². The lowest BCUT2D eigenvalue weighted by Gasteiger charge is -2.27. The molecule has 8 nitrogen and oxygen atoms in total. The number of nitrogens with two attached hydrogens (primary N) is 1. The van der Waals surface area contributed by atoms with Gasteiger partial charge in [0.2, 0.25) is 0 Å². The molecule has 3 aromatic heterocycles. The Bertz CT molecular complexity index is 1220. The van der Waals surface area contributed by atoms with Crippen molar-refractivity contribution in [1.29, 1.82) is 0 Å². The van der Waals surface area contributed by atoms with Gasteiger partial charge in [-0.15, -0.1) is 0 Å². The summed E-state index contributed by atoms with van der Waals surface area (Å²) in [6.07, 6.45) is 5.79. The molecular formula is C24H28N6O2. The molecule has 32 heavy (non-hydrogen) atoms. The predicted octanol–water partition coefficient (Wildman–Crippen LogP) is 4.20. The molecule has 2 atom stereocenters. The van der Waals surface area contributed by atoms with E-state index in [-0.39, 0.29) is 18.0 Å². The molecule has 0 radical (unpaired) electrons. The largest absolute Gasteiger partial charge is 0.458 e. The van der Waals surface area contributed by atoms with Gasteiger partial charge in [0, 0.05) is 35.3 Å². The van der Waals surface area contributed by atoms with Crippen LogP contribution in [0.3, 0.4) is 0 Å². The molecule has 0 spiro atoms. The van der Waals surface area contributed by atoms with Crippen LogP contribution in [0.1, 0.15) is 68.1 Å². The van der Waals surface area contributed by atoms with Crippen LogP contribution in [0.2, 0.25) is 0 Å². The Morgan fingerprint density at radius 3 is 2.59 bits per heavy atom. The zero-order valence-corrected chi connectivity index (χ0v) is 18.8. The van der Waals surface area contributed by atoms with Gasteiger partial charge in [-0.2, -0.15) is 0 Å². The summed E-state index contributed by atoms with van der Waals surface area (Å²) in [6.45, 7) is 7.84. The number of anilines is 3. The highest BCUT2D eigenvalue weighted by molar-refractivity contribution is 5.96. The number of aromatic nitrogens is 3. The monoisotopic (exact) mass is 432 g/mol. The zero-order chi connectivity index (χ0) is 22.6. The maximum Gasteiger partial charge on any atom is 0.340 e. The van der Waals surface area contributed by atoms with E-state index in [2.05, 4.69) is 20.6 Å². The van der Waals surface area contributed by atoms with E-state index in [1.165, 1.54) is 0 Å². The van der Waals surface area contributed by atoms with Crippen LogP contribution < -0.4 is 16.4 Å². The van der Waals surface area contributed by atoms with Gasteiger partial charge in [0.25, 0.3) is 0 Å². The number of nitrogens with one attached hydrogen (secondary N) is 2. The van der Waals surface area contributed by atoms with Crippen molar-refractivity contribution in [3.63, 3.8) is 0 Å². The molecule has 1 fully saturated rings. The first-order valence-electron chi connectivity index (χ1n) is 11.0. The van der Waals surface area contributed by atoms with Crippen molar-refractivity contribution in [3.8, 4) is 0 Å². The molecule has 0 amide bonds. The third kappa shape index (κ3) is 3.75. The molecule has 166 valence electrons. The van der Waals surface area contributed by atoms with Gasteiger partial charge in [0.1, 0.15) is 23.6 Å². The number of esters is 1. The summed E-state index contributed by atoms with van der Waals surface area (Å²) in [6, 6.07) is 6.00. The summed E-state index contributed by atoms with van der Waals surface area (Å²) in [4.78, 5) is 26.1. The van der Waals surface area contributed by atoms with E-state index in [9.17, 15) is 4.79 Å². The van der Waals surface area contributed by atoms with Gasteiger partial charge in [-0.05, 0) is 62.8 Å². The van der Waals surface area contributed by atoms with E-state index < -0.39 is 5.54 Å². The number of fused-ring (bicyclic) bond motifs is 2. The fraction of sp³-hybridized carbons (Fsp3) is 0.417. The van der Waals surface area contributed by atoms with Crippen LogP contribution in [0.15, 0.2) is 30.6 Å². The normalized spacial score (nSPS) is 20.6. The van der Waals surface area contributed by atoms with Crippen molar-refractivity contribution >= 4 is 34.2 Å². The van der Waals surface area contributed by atoms with Crippen LogP contribution in [-0.2, 0) is 10.3 Å². The molecule has 1 aliphatic heterocycles. The Morgan fingerprint density at radius 2 is 1.88 bits per heavy atom. The smallest absolute Gasteiger partial charge is 0.340 e. The van der Waals surface area contributed by atoms with E-state index in [0.29, 0.717) is 23.2 Å². The van der Waals surface area contributed by atoms with Crippen molar-refractivity contribution in [2.45, 2.75) is 64.1 Å². The van der Waals surface area contributed by atoms with Gasteiger partial charge in [0.05, 0.1) is 11.3 Å². The molecular weight excluding hydrogens is 404 g/mol. The molecule has 8 heteroatoms. The number of pyridine rings is 3. The second-order valence-electron chi connectivity index (χ2n) is 9.43. The van der Waals surface area contributed by atoms with Gasteiger partial charge in [0.15, 0.2) is 0 Å². The minimum absolute atomic E-state index is 0.0146. The van der Waals surface area contributed by atoms with Gasteiger partial charge >= 0.3 is 5.97 Å². The first-order chi connectivity index (χ1) is 15.2. The zero-order valence-electron chi connectivity index (χ0n) is 18.8. The summed E-state index contributed by atoms with van der Waals surface area (Å²) in [5, 5.41) is 8.72. The Kier molecular flexibility index (Phi) is 4.78. The van der Waals surface area contributed by atoms with Crippen LogP contribution in [0.25, 0.3) is 10.8 Å². The number of carbonyl (C=O) groups excluding carboxylic acids is 1. The first-order valence-corrected chi connectivity index (χ1v) is 11.0. The van der Waals surface area contributed by atoms with E-state index >= 15 is 0 Å². The van der Waals surface area contributed by atoms with Gasteiger partial charge in [-0.25, -0.2) is 19.7 Å². The van der Waals surface area contributed by atoms with Crippen molar-refractivity contribution in [2.24, 2.45) is 5.73 Å². The minimum atomic E-state index is -0.558. The van der Waals surface area contributed by atoms with Gasteiger partial charge in [-0.1, -0.05) is 6.92 Å². The number of hydrogen-bond donors (Lipinski definition) is 3. The van der Waals surface area contributed by atoms with Crippen molar-refractivity contribution in [3.05, 3.63) is 47.4 Å². The lowest BCUT2D eigenvalue weighted by molar-refractivity contribution is 0.0235. The quantitative estimate of drug-likeness (QED) is 0.514. The average molecular weight is 433 g/mol. The molecule has 4 N–H and O–H groups in total. The summed E-state index contributed by atoms with van der Waals surface area (Å²) >= 11 is 0. The summed E-state index contributed by atoms with van der Waals surface area (Å²) < 4.78 is 5.38. The second kappa shape index (κ2) is 7.41. The molecule has 3 aromatic rings. The Hall–Kier alpha value is -3.26. The maximum absolute atomic E-state index is 12.2. The van der Waals surface area contributed by atoms with Crippen molar-refractivity contribution < 1.29 is 9.53 Å². The number of nitrogens with zero attached hydrogens (tertiary/aromatic N) is 3. The van der Waals surface area contributed by atoms with E-state index in [0.717, 1.165) is 40.7 Å². The second-order valence-corrected chi connectivity index (χ2v) is 9.43. The highest BCUT2D eigenvalue weighted by Crippen LogP contribution is 2.35. The number of ether oxygens (including phenoxy) is 1. The van der Waals surface area contributed by atoms with Gasteiger partial charge < -0.3 is 21.1 Å². The molecule has 0 unspecified atom stereocenters. The fourth-order valence-electron chi connectivity index (χ4n) is 4.01. The lowest BCUT2D eigenvalue weighted by atomic mass is 9.93. The number of cyclic esters (lactones) is 1. The standard InChI is InChI=1S/C24H28N6O2/c1-12-13(2)32-23(31)15-7-8-19(30-21(12)15)29-20-9-16-17(10-26-20)22(28-14-5-6-14)27-11-18(16)24(3,4)25/h7-14H,5-6,25H2,1-4H3,(H,27,28)(H,26,29,30)/t12-,13-/m0/s1.